The zero-order valence-corrected chi connectivity index (χ0v) is 14.7. The van der Waals surface area contributed by atoms with E-state index in [2.05, 4.69) is 58.0 Å². The number of allylic oxidation sites excluding steroid dienone is 1. The molecule has 1 nitrogen and oxygen atoms in total. The third-order valence-corrected chi connectivity index (χ3v) is 4.83. The van der Waals surface area contributed by atoms with Gasteiger partial charge in [0.05, 0.1) is 13.2 Å². The third-order valence-electron chi connectivity index (χ3n) is 4.83. The van der Waals surface area contributed by atoms with Gasteiger partial charge in [-0.05, 0) is 48.5 Å². The maximum Gasteiger partial charge on any atom is 0.0717 e. The summed E-state index contributed by atoms with van der Waals surface area (Å²) in [6, 6.07) is 10.4. The number of hydrogen-bond donors (Lipinski definition) is 0. The van der Waals surface area contributed by atoms with Gasteiger partial charge in [0.25, 0.3) is 0 Å². The van der Waals surface area contributed by atoms with Crippen LogP contribution in [0.2, 0.25) is 0 Å². The molecule has 0 aromatic heterocycles. The van der Waals surface area contributed by atoms with Gasteiger partial charge in [0, 0.05) is 0 Å². The van der Waals surface area contributed by atoms with Crippen LogP contribution < -0.4 is 0 Å². The Morgan fingerprint density at radius 1 is 1.14 bits per heavy atom. The molecule has 0 amide bonds. The Morgan fingerprint density at radius 2 is 1.86 bits per heavy atom. The van der Waals surface area contributed by atoms with Gasteiger partial charge in [0.1, 0.15) is 0 Å². The monoisotopic (exact) mass is 300 g/mol. The fourth-order valence-corrected chi connectivity index (χ4v) is 3.61. The molecule has 1 aromatic carbocycles. The highest BCUT2D eigenvalue weighted by Gasteiger charge is 2.25. The number of hydrogen-bond acceptors (Lipinski definition) is 1. The molecule has 1 heteroatoms. The summed E-state index contributed by atoms with van der Waals surface area (Å²) < 4.78 is 5.90. The van der Waals surface area contributed by atoms with E-state index in [1.165, 1.54) is 24.8 Å². The minimum absolute atomic E-state index is 0.505. The van der Waals surface area contributed by atoms with Crippen LogP contribution in [0.4, 0.5) is 0 Å². The van der Waals surface area contributed by atoms with Crippen LogP contribution in [-0.2, 0) is 11.3 Å². The van der Waals surface area contributed by atoms with Crippen molar-refractivity contribution >= 4 is 0 Å². The van der Waals surface area contributed by atoms with Crippen LogP contribution in [-0.4, -0.2) is 6.61 Å². The molecule has 1 aromatic rings. The topological polar surface area (TPSA) is 9.23 Å². The van der Waals surface area contributed by atoms with Crippen molar-refractivity contribution in [2.24, 2.45) is 23.7 Å². The van der Waals surface area contributed by atoms with E-state index in [1.807, 2.05) is 6.07 Å². The van der Waals surface area contributed by atoms with Crippen molar-refractivity contribution in [3.8, 4) is 0 Å². The Balaban J connectivity index is 1.86. The largest absolute Gasteiger partial charge is 0.376 e. The third kappa shape index (κ3) is 5.28. The average Bonchev–Trinajstić information content (AvgIpc) is 2.48. The molecule has 0 bridgehead atoms. The van der Waals surface area contributed by atoms with E-state index >= 15 is 0 Å². The molecule has 0 heterocycles. The van der Waals surface area contributed by atoms with Crippen molar-refractivity contribution in [2.45, 2.75) is 53.6 Å². The normalized spacial score (nSPS) is 25.6. The van der Waals surface area contributed by atoms with Crippen molar-refractivity contribution < 1.29 is 4.74 Å². The summed E-state index contributed by atoms with van der Waals surface area (Å²) in [5.41, 5.74) is 2.94. The molecule has 0 spiro atoms. The van der Waals surface area contributed by atoms with Crippen molar-refractivity contribution in [3.63, 3.8) is 0 Å². The van der Waals surface area contributed by atoms with E-state index in [4.69, 9.17) is 4.74 Å². The number of ether oxygens (including phenoxy) is 1. The molecule has 1 aliphatic carbocycles. The van der Waals surface area contributed by atoms with Crippen LogP contribution in [0.3, 0.4) is 0 Å². The molecule has 0 unspecified atom stereocenters. The van der Waals surface area contributed by atoms with E-state index < -0.39 is 0 Å². The van der Waals surface area contributed by atoms with E-state index in [-0.39, 0.29) is 0 Å². The fourth-order valence-electron chi connectivity index (χ4n) is 3.61. The minimum atomic E-state index is 0.505. The zero-order valence-electron chi connectivity index (χ0n) is 14.7. The van der Waals surface area contributed by atoms with E-state index in [1.54, 1.807) is 5.57 Å². The maximum absolute atomic E-state index is 5.90. The Bertz CT molecular complexity index is 460. The van der Waals surface area contributed by atoms with Crippen LogP contribution in [0, 0.1) is 23.7 Å². The summed E-state index contributed by atoms with van der Waals surface area (Å²) in [5, 5.41) is 0. The van der Waals surface area contributed by atoms with Gasteiger partial charge in [-0.1, -0.05) is 69.7 Å². The minimum Gasteiger partial charge on any atom is -0.376 e. The molecule has 22 heavy (non-hydrogen) atoms. The SMILES string of the molecule is CC(C)[C@@H]1CC[C@@H](C)C/C1=C\[C@@H](C)COCc1ccccc1. The lowest BCUT2D eigenvalue weighted by Crippen LogP contribution is -2.21. The van der Waals surface area contributed by atoms with Gasteiger partial charge >= 0.3 is 0 Å². The summed E-state index contributed by atoms with van der Waals surface area (Å²) in [6.07, 6.45) is 6.54. The summed E-state index contributed by atoms with van der Waals surface area (Å²) in [7, 11) is 0. The molecule has 1 saturated carbocycles. The van der Waals surface area contributed by atoms with Gasteiger partial charge in [-0.15, -0.1) is 0 Å². The molecular weight excluding hydrogens is 268 g/mol. The van der Waals surface area contributed by atoms with Crippen LogP contribution in [0.5, 0.6) is 0 Å². The van der Waals surface area contributed by atoms with Crippen molar-refractivity contribution in [2.75, 3.05) is 6.61 Å². The van der Waals surface area contributed by atoms with Gasteiger partial charge in [-0.25, -0.2) is 0 Å². The highest BCUT2D eigenvalue weighted by atomic mass is 16.5. The fraction of sp³-hybridized carbons (Fsp3) is 0.619. The van der Waals surface area contributed by atoms with Gasteiger partial charge in [0.2, 0.25) is 0 Å². The average molecular weight is 300 g/mol. The second kappa shape index (κ2) is 8.53. The van der Waals surface area contributed by atoms with Crippen LogP contribution in [0.1, 0.15) is 52.5 Å². The van der Waals surface area contributed by atoms with E-state index in [9.17, 15) is 0 Å². The first-order chi connectivity index (χ1) is 10.6. The second-order valence-corrected chi connectivity index (χ2v) is 7.46. The van der Waals surface area contributed by atoms with Crippen molar-refractivity contribution in [3.05, 3.63) is 47.5 Å². The summed E-state index contributed by atoms with van der Waals surface area (Å²) >= 11 is 0. The van der Waals surface area contributed by atoms with Crippen molar-refractivity contribution in [1.82, 2.24) is 0 Å². The molecule has 1 aliphatic rings. The second-order valence-electron chi connectivity index (χ2n) is 7.46. The Morgan fingerprint density at radius 3 is 2.55 bits per heavy atom. The first-order valence-electron chi connectivity index (χ1n) is 8.88. The Kier molecular flexibility index (Phi) is 6.70. The quantitative estimate of drug-likeness (QED) is 0.598. The van der Waals surface area contributed by atoms with Crippen LogP contribution in [0.15, 0.2) is 42.0 Å². The lowest BCUT2D eigenvalue weighted by atomic mass is 9.73. The van der Waals surface area contributed by atoms with Crippen LogP contribution >= 0.6 is 0 Å². The van der Waals surface area contributed by atoms with Gasteiger partial charge in [0.15, 0.2) is 0 Å². The standard InChI is InChI=1S/C21H32O/c1-16(2)21-11-10-17(3)12-20(21)13-18(4)14-22-15-19-8-6-5-7-9-19/h5-9,13,16-18,21H,10-12,14-15H2,1-4H3/b20-13+/t17-,18-,21+/m1/s1. The molecule has 0 saturated heterocycles. The van der Waals surface area contributed by atoms with E-state index in [0.717, 1.165) is 31.0 Å². The number of benzene rings is 1. The smallest absolute Gasteiger partial charge is 0.0717 e. The Hall–Kier alpha value is -1.08. The van der Waals surface area contributed by atoms with Gasteiger partial charge < -0.3 is 4.74 Å². The molecule has 0 radical (unpaired) electrons. The predicted molar refractivity (Wildman–Crippen MR) is 94.7 cm³/mol. The molecule has 0 N–H and O–H groups in total. The maximum atomic E-state index is 5.90. The van der Waals surface area contributed by atoms with Crippen LogP contribution in [0.25, 0.3) is 0 Å². The summed E-state index contributed by atoms with van der Waals surface area (Å²) in [6.45, 7) is 10.9. The molecule has 122 valence electrons. The van der Waals surface area contributed by atoms with Crippen molar-refractivity contribution in [1.29, 1.82) is 0 Å². The lowest BCUT2D eigenvalue weighted by molar-refractivity contribution is 0.103. The van der Waals surface area contributed by atoms with E-state index in [0.29, 0.717) is 5.92 Å². The first-order valence-corrected chi connectivity index (χ1v) is 8.88. The molecule has 2 rings (SSSR count). The van der Waals surface area contributed by atoms with Gasteiger partial charge in [-0.3, -0.25) is 0 Å². The lowest BCUT2D eigenvalue weighted by Gasteiger charge is -2.33. The highest BCUT2D eigenvalue weighted by Crippen LogP contribution is 2.38. The molecule has 0 aliphatic heterocycles. The molecular formula is C21H32O. The predicted octanol–water partition coefficient (Wildman–Crippen LogP) is 5.86. The van der Waals surface area contributed by atoms with Gasteiger partial charge in [-0.2, -0.15) is 0 Å². The summed E-state index contributed by atoms with van der Waals surface area (Å²) in [5.74, 6) is 2.90. The number of rotatable bonds is 6. The Labute approximate surface area is 136 Å². The highest BCUT2D eigenvalue weighted by molar-refractivity contribution is 5.14. The summed E-state index contributed by atoms with van der Waals surface area (Å²) in [4.78, 5) is 0. The first kappa shape index (κ1) is 17.3. The zero-order chi connectivity index (χ0) is 15.9. The molecule has 3 atom stereocenters. The molecule has 1 fully saturated rings.